The van der Waals surface area contributed by atoms with Crippen molar-refractivity contribution in [2.24, 2.45) is 7.05 Å². The molecule has 6 heteroatoms. The van der Waals surface area contributed by atoms with Gasteiger partial charge >= 0.3 is 0 Å². The van der Waals surface area contributed by atoms with Gasteiger partial charge in [-0.3, -0.25) is 14.3 Å². The van der Waals surface area contributed by atoms with Gasteiger partial charge in [0, 0.05) is 25.2 Å². The molecule has 0 fully saturated rings. The number of carbonyl (C=O) groups excluding carboxylic acids is 2. The molecular formula is C13H14N4O2. The van der Waals surface area contributed by atoms with Crippen molar-refractivity contribution in [2.45, 2.75) is 6.92 Å². The molecule has 1 aromatic heterocycles. The first-order chi connectivity index (χ1) is 9.02. The minimum Gasteiger partial charge on any atom is -0.383 e. The zero-order valence-electron chi connectivity index (χ0n) is 10.7. The monoisotopic (exact) mass is 258 g/mol. The van der Waals surface area contributed by atoms with Gasteiger partial charge in [-0.25, -0.2) is 0 Å². The van der Waals surface area contributed by atoms with Crippen LogP contribution in [0.15, 0.2) is 24.3 Å². The molecule has 19 heavy (non-hydrogen) atoms. The number of rotatable bonds is 3. The second-order valence-electron chi connectivity index (χ2n) is 4.15. The van der Waals surface area contributed by atoms with Crippen LogP contribution >= 0.6 is 0 Å². The molecule has 3 N–H and O–H groups in total. The number of hydrogen-bond donors (Lipinski definition) is 2. The van der Waals surface area contributed by atoms with Crippen LogP contribution in [-0.4, -0.2) is 22.0 Å². The summed E-state index contributed by atoms with van der Waals surface area (Å²) in [7, 11) is 1.67. The van der Waals surface area contributed by atoms with E-state index in [2.05, 4.69) is 10.4 Å². The second-order valence-corrected chi connectivity index (χ2v) is 4.15. The quantitative estimate of drug-likeness (QED) is 0.815. The number of nitrogens with two attached hydrogens (primary N) is 1. The van der Waals surface area contributed by atoms with Gasteiger partial charge in [-0.2, -0.15) is 5.10 Å². The Morgan fingerprint density at radius 3 is 2.84 bits per heavy atom. The molecule has 0 spiro atoms. The van der Waals surface area contributed by atoms with Gasteiger partial charge in [-0.1, -0.05) is 12.1 Å². The smallest absolute Gasteiger partial charge is 0.221 e. The lowest BCUT2D eigenvalue weighted by Gasteiger charge is -2.04. The van der Waals surface area contributed by atoms with E-state index in [1.165, 1.54) is 11.6 Å². The van der Waals surface area contributed by atoms with Gasteiger partial charge in [0.2, 0.25) is 5.91 Å². The Labute approximate surface area is 110 Å². The summed E-state index contributed by atoms with van der Waals surface area (Å²) in [4.78, 5) is 22.1. The van der Waals surface area contributed by atoms with Crippen molar-refractivity contribution in [1.82, 2.24) is 9.78 Å². The average Bonchev–Trinajstić information content (AvgIpc) is 2.65. The van der Waals surface area contributed by atoms with E-state index < -0.39 is 0 Å². The summed E-state index contributed by atoms with van der Waals surface area (Å²) in [6, 6.07) is 7.09. The molecule has 2 rings (SSSR count). The predicted molar refractivity (Wildman–Crippen MR) is 72.7 cm³/mol. The number of benzene rings is 1. The topological polar surface area (TPSA) is 90.0 Å². The number of amides is 1. The van der Waals surface area contributed by atoms with Crippen molar-refractivity contribution in [3.05, 3.63) is 29.8 Å². The standard InChI is InChI=1S/C13H14N4O2/c1-8(19)15-10-5-3-4-9(6-10)12-11(7-18)13(14)17(2)16-12/h3-7H,14H2,1-2H3,(H,15,19). The van der Waals surface area contributed by atoms with Gasteiger partial charge in [-0.15, -0.1) is 0 Å². The molecule has 1 aromatic carbocycles. The Kier molecular flexibility index (Phi) is 3.33. The van der Waals surface area contributed by atoms with Crippen molar-refractivity contribution in [1.29, 1.82) is 0 Å². The molecule has 0 aliphatic heterocycles. The van der Waals surface area contributed by atoms with E-state index in [1.54, 1.807) is 31.3 Å². The van der Waals surface area contributed by atoms with Crippen LogP contribution in [-0.2, 0) is 11.8 Å². The SMILES string of the molecule is CC(=O)Nc1cccc(-c2nn(C)c(N)c2C=O)c1. The number of aryl methyl sites for hydroxylation is 1. The lowest BCUT2D eigenvalue weighted by atomic mass is 10.1. The van der Waals surface area contributed by atoms with Crippen molar-refractivity contribution in [3.63, 3.8) is 0 Å². The number of carbonyl (C=O) groups is 2. The summed E-state index contributed by atoms with van der Waals surface area (Å²) >= 11 is 0. The van der Waals surface area contributed by atoms with E-state index in [0.29, 0.717) is 29.0 Å². The Hall–Kier alpha value is -2.63. The van der Waals surface area contributed by atoms with Crippen molar-refractivity contribution < 1.29 is 9.59 Å². The lowest BCUT2D eigenvalue weighted by Crippen LogP contribution is -2.05. The van der Waals surface area contributed by atoms with Gasteiger partial charge in [0.25, 0.3) is 0 Å². The lowest BCUT2D eigenvalue weighted by molar-refractivity contribution is -0.114. The molecule has 1 amide bonds. The summed E-state index contributed by atoms with van der Waals surface area (Å²) in [6.45, 7) is 1.43. The fourth-order valence-electron chi connectivity index (χ4n) is 1.83. The van der Waals surface area contributed by atoms with E-state index in [9.17, 15) is 9.59 Å². The molecule has 2 aromatic rings. The van der Waals surface area contributed by atoms with Crippen LogP contribution in [0.3, 0.4) is 0 Å². The Balaban J connectivity index is 2.50. The minimum atomic E-state index is -0.159. The number of nitrogens with zero attached hydrogens (tertiary/aromatic N) is 2. The van der Waals surface area contributed by atoms with E-state index in [0.717, 1.165) is 5.56 Å². The minimum absolute atomic E-state index is 0.159. The molecule has 0 bridgehead atoms. The summed E-state index contributed by atoms with van der Waals surface area (Å²) in [5.74, 6) is 0.156. The molecule has 0 saturated carbocycles. The van der Waals surface area contributed by atoms with E-state index >= 15 is 0 Å². The van der Waals surface area contributed by atoms with E-state index in [4.69, 9.17) is 5.73 Å². The number of aldehydes is 1. The maximum atomic E-state index is 11.1. The first-order valence-electron chi connectivity index (χ1n) is 5.68. The Morgan fingerprint density at radius 1 is 1.47 bits per heavy atom. The molecule has 1 heterocycles. The summed E-state index contributed by atoms with van der Waals surface area (Å²) in [5, 5.41) is 6.90. The van der Waals surface area contributed by atoms with Crippen LogP contribution in [0.2, 0.25) is 0 Å². The number of aromatic nitrogens is 2. The maximum absolute atomic E-state index is 11.1. The van der Waals surface area contributed by atoms with Crippen molar-refractivity contribution in [3.8, 4) is 11.3 Å². The van der Waals surface area contributed by atoms with Crippen LogP contribution in [0, 0.1) is 0 Å². The van der Waals surface area contributed by atoms with Crippen molar-refractivity contribution >= 4 is 23.7 Å². The third-order valence-corrected chi connectivity index (χ3v) is 2.70. The highest BCUT2D eigenvalue weighted by molar-refractivity contribution is 5.93. The molecule has 98 valence electrons. The average molecular weight is 258 g/mol. The number of nitrogens with one attached hydrogen (secondary N) is 1. The zero-order valence-corrected chi connectivity index (χ0v) is 10.7. The molecule has 0 aliphatic rings. The van der Waals surface area contributed by atoms with Gasteiger partial charge in [0.1, 0.15) is 11.5 Å². The first-order valence-corrected chi connectivity index (χ1v) is 5.68. The zero-order chi connectivity index (χ0) is 14.0. The Bertz CT molecular complexity index is 646. The molecule has 0 saturated heterocycles. The molecule has 6 nitrogen and oxygen atoms in total. The summed E-state index contributed by atoms with van der Waals surface area (Å²) in [5.41, 5.74) is 7.99. The highest BCUT2D eigenvalue weighted by Gasteiger charge is 2.15. The number of anilines is 2. The first kappa shape index (κ1) is 12.8. The van der Waals surface area contributed by atoms with Gasteiger partial charge in [0.05, 0.1) is 5.56 Å². The second kappa shape index (κ2) is 4.93. The van der Waals surface area contributed by atoms with Gasteiger partial charge in [-0.05, 0) is 12.1 Å². The molecule has 0 atom stereocenters. The van der Waals surface area contributed by atoms with Gasteiger partial charge < -0.3 is 11.1 Å². The number of hydrogen-bond acceptors (Lipinski definition) is 4. The molecule has 0 aliphatic carbocycles. The highest BCUT2D eigenvalue weighted by atomic mass is 16.1. The van der Waals surface area contributed by atoms with E-state index in [1.807, 2.05) is 0 Å². The van der Waals surface area contributed by atoms with Crippen LogP contribution in [0.25, 0.3) is 11.3 Å². The maximum Gasteiger partial charge on any atom is 0.221 e. The third kappa shape index (κ3) is 2.47. The fourth-order valence-corrected chi connectivity index (χ4v) is 1.83. The molecule has 0 unspecified atom stereocenters. The normalized spacial score (nSPS) is 10.2. The van der Waals surface area contributed by atoms with Crippen LogP contribution in [0.1, 0.15) is 17.3 Å². The van der Waals surface area contributed by atoms with Crippen LogP contribution in [0.4, 0.5) is 11.5 Å². The summed E-state index contributed by atoms with van der Waals surface area (Å²) < 4.78 is 1.45. The van der Waals surface area contributed by atoms with Gasteiger partial charge in [0.15, 0.2) is 6.29 Å². The van der Waals surface area contributed by atoms with Crippen molar-refractivity contribution in [2.75, 3.05) is 11.1 Å². The van der Waals surface area contributed by atoms with E-state index in [-0.39, 0.29) is 5.91 Å². The van der Waals surface area contributed by atoms with Crippen LogP contribution < -0.4 is 11.1 Å². The summed E-state index contributed by atoms with van der Waals surface area (Å²) in [6.07, 6.45) is 0.683. The third-order valence-electron chi connectivity index (χ3n) is 2.70. The largest absolute Gasteiger partial charge is 0.383 e. The molecular weight excluding hydrogens is 244 g/mol. The number of nitrogen functional groups attached to an aromatic ring is 1. The molecule has 0 radical (unpaired) electrons. The van der Waals surface area contributed by atoms with Crippen LogP contribution in [0.5, 0.6) is 0 Å². The Morgan fingerprint density at radius 2 is 2.21 bits per heavy atom. The predicted octanol–water partition coefficient (Wildman–Crippen LogP) is 1.44. The highest BCUT2D eigenvalue weighted by Crippen LogP contribution is 2.27. The fraction of sp³-hybridized carbons (Fsp3) is 0.154.